The lowest BCUT2D eigenvalue weighted by atomic mass is 10.0. The Hall–Kier alpha value is -1.10. The number of hydrogen-bond acceptors (Lipinski definition) is 2. The molecule has 0 aliphatic carbocycles. The largest absolute Gasteiger partial charge is 0.488 e. The fourth-order valence-electron chi connectivity index (χ4n) is 1.32. The summed E-state index contributed by atoms with van der Waals surface area (Å²) in [5.74, 6) is -0.778. The number of carbonyl (C=O) groups is 1. The van der Waals surface area contributed by atoms with E-state index in [2.05, 4.69) is 15.9 Å². The number of aliphatic carboxylic acids is 1. The summed E-state index contributed by atoms with van der Waals surface area (Å²) in [5, 5.41) is 8.77. The van der Waals surface area contributed by atoms with Crippen molar-refractivity contribution >= 4 is 21.9 Å². The summed E-state index contributed by atoms with van der Waals surface area (Å²) in [4.78, 5) is 10.7. The molecule has 0 aliphatic heterocycles. The van der Waals surface area contributed by atoms with E-state index in [1.54, 1.807) is 0 Å². The van der Waals surface area contributed by atoms with Crippen molar-refractivity contribution in [2.45, 2.75) is 26.4 Å². The Labute approximate surface area is 108 Å². The third-order valence-corrected chi connectivity index (χ3v) is 2.91. The minimum atomic E-state index is -0.915. The van der Waals surface area contributed by atoms with Gasteiger partial charge in [-0.3, -0.25) is 4.79 Å². The molecule has 17 heavy (non-hydrogen) atoms. The number of carboxylic acid groups (broad SMARTS) is 1. The van der Waals surface area contributed by atoms with Crippen LogP contribution in [0.3, 0.4) is 0 Å². The molecule has 5 heteroatoms. The van der Waals surface area contributed by atoms with Gasteiger partial charge in [0.05, 0.1) is 10.9 Å². The first-order chi connectivity index (χ1) is 7.90. The minimum Gasteiger partial charge on any atom is -0.488 e. The first-order valence-electron chi connectivity index (χ1n) is 5.23. The SMILES string of the molecule is CC(C)C(CC(=O)O)Oc1ccc(F)cc1Br. The molecule has 1 aromatic carbocycles. The van der Waals surface area contributed by atoms with Crippen molar-refractivity contribution in [1.82, 2.24) is 0 Å². The molecule has 0 spiro atoms. The molecule has 0 saturated carbocycles. The van der Waals surface area contributed by atoms with E-state index < -0.39 is 12.1 Å². The van der Waals surface area contributed by atoms with Crippen molar-refractivity contribution in [3.05, 3.63) is 28.5 Å². The molecular weight excluding hydrogens is 291 g/mol. The molecule has 3 nitrogen and oxygen atoms in total. The van der Waals surface area contributed by atoms with Gasteiger partial charge in [0.1, 0.15) is 17.7 Å². The third kappa shape index (κ3) is 4.34. The lowest BCUT2D eigenvalue weighted by molar-refractivity contribution is -0.139. The minimum absolute atomic E-state index is 0.0584. The summed E-state index contributed by atoms with van der Waals surface area (Å²) in [6.45, 7) is 3.76. The molecular formula is C12H14BrFO3. The van der Waals surface area contributed by atoms with Crippen molar-refractivity contribution in [2.75, 3.05) is 0 Å². The number of rotatable bonds is 5. The van der Waals surface area contributed by atoms with E-state index in [9.17, 15) is 9.18 Å². The summed E-state index contributed by atoms with van der Waals surface area (Å²) in [5.41, 5.74) is 0. The maximum atomic E-state index is 12.9. The monoisotopic (exact) mass is 304 g/mol. The average molecular weight is 305 g/mol. The molecule has 1 unspecified atom stereocenters. The van der Waals surface area contributed by atoms with Crippen molar-refractivity contribution in [2.24, 2.45) is 5.92 Å². The standard InChI is InChI=1S/C12H14BrFO3/c1-7(2)11(6-12(15)16)17-10-4-3-8(14)5-9(10)13/h3-5,7,11H,6H2,1-2H3,(H,15,16). The second kappa shape index (κ2) is 6.00. The van der Waals surface area contributed by atoms with Gasteiger partial charge >= 0.3 is 5.97 Å². The number of halogens is 2. The van der Waals surface area contributed by atoms with E-state index in [0.29, 0.717) is 10.2 Å². The summed E-state index contributed by atoms with van der Waals surface area (Å²) >= 11 is 3.18. The van der Waals surface area contributed by atoms with Crippen LogP contribution in [0.25, 0.3) is 0 Å². The average Bonchev–Trinajstić information content (AvgIpc) is 2.19. The molecule has 0 fully saturated rings. The van der Waals surface area contributed by atoms with Crippen molar-refractivity contribution in [1.29, 1.82) is 0 Å². The zero-order valence-corrected chi connectivity index (χ0v) is 11.2. The highest BCUT2D eigenvalue weighted by atomic mass is 79.9. The second-order valence-electron chi connectivity index (χ2n) is 4.07. The molecule has 1 rings (SSSR count). The molecule has 0 bridgehead atoms. The predicted octanol–water partition coefficient (Wildman–Crippen LogP) is 3.47. The highest BCUT2D eigenvalue weighted by Crippen LogP contribution is 2.28. The van der Waals surface area contributed by atoms with Crippen LogP contribution < -0.4 is 4.74 Å². The first kappa shape index (κ1) is 14.0. The number of ether oxygens (including phenoxy) is 1. The topological polar surface area (TPSA) is 46.5 Å². The first-order valence-corrected chi connectivity index (χ1v) is 6.03. The lowest BCUT2D eigenvalue weighted by Crippen LogP contribution is -2.26. The Kier molecular flexibility index (Phi) is 4.93. The van der Waals surface area contributed by atoms with Crippen LogP contribution in [0, 0.1) is 11.7 Å². The highest BCUT2D eigenvalue weighted by molar-refractivity contribution is 9.10. The Morgan fingerprint density at radius 3 is 2.65 bits per heavy atom. The quantitative estimate of drug-likeness (QED) is 0.906. The van der Waals surface area contributed by atoms with Gasteiger partial charge in [0, 0.05) is 0 Å². The van der Waals surface area contributed by atoms with Crippen LogP contribution in [0.1, 0.15) is 20.3 Å². The van der Waals surface area contributed by atoms with E-state index in [4.69, 9.17) is 9.84 Å². The zero-order valence-electron chi connectivity index (χ0n) is 9.61. The van der Waals surface area contributed by atoms with E-state index >= 15 is 0 Å². The molecule has 0 saturated heterocycles. The number of benzene rings is 1. The van der Waals surface area contributed by atoms with E-state index in [-0.39, 0.29) is 18.2 Å². The van der Waals surface area contributed by atoms with Crippen LogP contribution in [0.2, 0.25) is 0 Å². The van der Waals surface area contributed by atoms with Crippen LogP contribution in [0.15, 0.2) is 22.7 Å². The van der Waals surface area contributed by atoms with Gasteiger partial charge in [0.15, 0.2) is 0 Å². The summed E-state index contributed by atoms with van der Waals surface area (Å²) in [7, 11) is 0. The molecule has 1 atom stereocenters. The van der Waals surface area contributed by atoms with Gasteiger partial charge < -0.3 is 9.84 Å². The molecule has 94 valence electrons. The molecule has 0 heterocycles. The smallest absolute Gasteiger partial charge is 0.307 e. The van der Waals surface area contributed by atoms with E-state index in [0.717, 1.165) is 0 Å². The van der Waals surface area contributed by atoms with Crippen LogP contribution in [-0.4, -0.2) is 17.2 Å². The van der Waals surface area contributed by atoms with Gasteiger partial charge in [0.2, 0.25) is 0 Å². The number of hydrogen-bond donors (Lipinski definition) is 1. The molecule has 0 radical (unpaired) electrons. The van der Waals surface area contributed by atoms with Crippen LogP contribution in [0.5, 0.6) is 5.75 Å². The van der Waals surface area contributed by atoms with Crippen molar-refractivity contribution in [3.63, 3.8) is 0 Å². The maximum Gasteiger partial charge on any atom is 0.307 e. The van der Waals surface area contributed by atoms with Crippen molar-refractivity contribution < 1.29 is 19.0 Å². The highest BCUT2D eigenvalue weighted by Gasteiger charge is 2.20. The van der Waals surface area contributed by atoms with E-state index in [1.807, 2.05) is 13.8 Å². The number of carboxylic acids is 1. The van der Waals surface area contributed by atoms with Crippen LogP contribution in [-0.2, 0) is 4.79 Å². The van der Waals surface area contributed by atoms with Gasteiger partial charge in [-0.1, -0.05) is 13.8 Å². The van der Waals surface area contributed by atoms with Gasteiger partial charge in [-0.15, -0.1) is 0 Å². The molecule has 1 N–H and O–H groups in total. The Bertz CT molecular complexity index is 407. The zero-order chi connectivity index (χ0) is 13.0. The summed E-state index contributed by atoms with van der Waals surface area (Å²) < 4.78 is 18.9. The fourth-order valence-corrected chi connectivity index (χ4v) is 1.76. The fraction of sp³-hybridized carbons (Fsp3) is 0.417. The van der Waals surface area contributed by atoms with Gasteiger partial charge in [-0.25, -0.2) is 4.39 Å². The summed E-state index contributed by atoms with van der Waals surface area (Å²) in [6, 6.07) is 4.04. The second-order valence-corrected chi connectivity index (χ2v) is 4.93. The third-order valence-electron chi connectivity index (χ3n) is 2.29. The molecule has 0 aromatic heterocycles. The lowest BCUT2D eigenvalue weighted by Gasteiger charge is -2.21. The Balaban J connectivity index is 2.82. The molecule has 0 amide bonds. The normalized spacial score (nSPS) is 12.5. The predicted molar refractivity (Wildman–Crippen MR) is 65.6 cm³/mol. The molecule has 1 aromatic rings. The van der Waals surface area contributed by atoms with Crippen LogP contribution in [0.4, 0.5) is 4.39 Å². The summed E-state index contributed by atoms with van der Waals surface area (Å²) in [6.07, 6.45) is -0.518. The van der Waals surface area contributed by atoms with Gasteiger partial charge in [-0.05, 0) is 40.0 Å². The van der Waals surface area contributed by atoms with E-state index in [1.165, 1.54) is 18.2 Å². The Morgan fingerprint density at radius 2 is 2.18 bits per heavy atom. The van der Waals surface area contributed by atoms with Gasteiger partial charge in [0.25, 0.3) is 0 Å². The van der Waals surface area contributed by atoms with Crippen molar-refractivity contribution in [3.8, 4) is 5.75 Å². The Morgan fingerprint density at radius 1 is 1.53 bits per heavy atom. The van der Waals surface area contributed by atoms with Crippen LogP contribution >= 0.6 is 15.9 Å². The van der Waals surface area contributed by atoms with Gasteiger partial charge in [-0.2, -0.15) is 0 Å². The molecule has 0 aliphatic rings. The maximum absolute atomic E-state index is 12.9.